The summed E-state index contributed by atoms with van der Waals surface area (Å²) >= 11 is -0.695. The molecule has 27 heavy (non-hydrogen) atoms. The molecule has 0 radical (unpaired) electrons. The average Bonchev–Trinajstić information content (AvgIpc) is 3.21. The molecule has 0 unspecified atom stereocenters. The number of hydrogen-bond acceptors (Lipinski definition) is 0. The minimum absolute atomic E-state index is 0.695. The molecule has 0 aliphatic heterocycles. The van der Waals surface area contributed by atoms with Gasteiger partial charge in [0.05, 0.1) is 0 Å². The Hall–Kier alpha value is -0.157. The summed E-state index contributed by atoms with van der Waals surface area (Å²) in [6.07, 6.45) is 15.8. The first-order valence-corrected chi connectivity index (χ1v) is 14.2. The van der Waals surface area contributed by atoms with Gasteiger partial charge in [-0.1, -0.05) is 0 Å². The predicted molar refractivity (Wildman–Crippen MR) is 118 cm³/mol. The Morgan fingerprint density at radius 3 is 1.26 bits per heavy atom. The first kappa shape index (κ1) is 23.1. The van der Waals surface area contributed by atoms with Crippen LogP contribution < -0.4 is 0 Å². The van der Waals surface area contributed by atoms with Crippen molar-refractivity contribution in [1.29, 1.82) is 0 Å². The molecule has 0 aromatic heterocycles. The quantitative estimate of drug-likeness (QED) is 0.281. The molecule has 0 aromatic carbocycles. The van der Waals surface area contributed by atoms with E-state index in [1.165, 1.54) is 77.0 Å². The van der Waals surface area contributed by atoms with E-state index in [-0.39, 0.29) is 0 Å². The average molecular weight is 446 g/mol. The van der Waals surface area contributed by atoms with Gasteiger partial charge in [0, 0.05) is 0 Å². The monoisotopic (exact) mass is 444 g/mol. The van der Waals surface area contributed by atoms with Crippen molar-refractivity contribution < 1.29 is 23.2 Å². The second-order valence-electron chi connectivity index (χ2n) is 8.22. The summed E-state index contributed by atoms with van der Waals surface area (Å²) in [7, 11) is 0. The van der Waals surface area contributed by atoms with Gasteiger partial charge in [0.2, 0.25) is 0 Å². The van der Waals surface area contributed by atoms with Crippen LogP contribution in [0, 0.1) is 0 Å². The number of rotatable bonds is 12. The van der Waals surface area contributed by atoms with E-state index >= 15 is 0 Å². The maximum atomic E-state index is 2.40. The summed E-state index contributed by atoms with van der Waals surface area (Å²) in [5.74, 6) is 0. The van der Waals surface area contributed by atoms with Gasteiger partial charge in [-0.25, -0.2) is 0 Å². The summed E-state index contributed by atoms with van der Waals surface area (Å²) in [4.78, 5) is 0. The van der Waals surface area contributed by atoms with Crippen molar-refractivity contribution in [3.05, 3.63) is 40.0 Å². The van der Waals surface area contributed by atoms with Crippen LogP contribution in [0.15, 0.2) is 40.0 Å². The van der Waals surface area contributed by atoms with Gasteiger partial charge in [0.1, 0.15) is 0 Å². The number of allylic oxidation sites excluding steroid dienone is 8. The summed E-state index contributed by atoms with van der Waals surface area (Å²) in [5.41, 5.74) is 10.9. The molecule has 2 rings (SSSR count). The summed E-state index contributed by atoms with van der Waals surface area (Å²) in [5, 5.41) is 0. The number of unbranched alkanes of at least 4 members (excludes halogenated alkanes) is 2. The summed E-state index contributed by atoms with van der Waals surface area (Å²) in [6, 6.07) is 0. The van der Waals surface area contributed by atoms with E-state index in [4.69, 9.17) is 0 Å². The zero-order chi connectivity index (χ0) is 19.8. The molecular weight excluding hydrogens is 404 g/mol. The molecule has 0 amide bonds. The van der Waals surface area contributed by atoms with Crippen molar-refractivity contribution in [2.45, 2.75) is 119 Å². The van der Waals surface area contributed by atoms with Crippen LogP contribution in [0.1, 0.15) is 119 Å². The van der Waals surface area contributed by atoms with Crippen LogP contribution in [0.5, 0.6) is 0 Å². The minimum atomic E-state index is -0.695. The van der Waals surface area contributed by atoms with Gasteiger partial charge >= 0.3 is 182 Å². The molecule has 0 N–H and O–H groups in total. The van der Waals surface area contributed by atoms with E-state index in [1.54, 1.807) is 22.3 Å². The summed E-state index contributed by atoms with van der Waals surface area (Å²) in [6.45, 7) is 14.3. The van der Waals surface area contributed by atoms with Crippen LogP contribution in [-0.2, 0) is 23.2 Å². The molecule has 0 saturated carbocycles. The topological polar surface area (TPSA) is 0 Å². The van der Waals surface area contributed by atoms with Crippen LogP contribution in [-0.4, -0.2) is 0 Å². The maximum absolute atomic E-state index is 2.40. The van der Waals surface area contributed by atoms with Gasteiger partial charge in [-0.3, -0.25) is 0 Å². The number of hydrogen-bond donors (Lipinski definition) is 0. The molecule has 0 saturated heterocycles. The van der Waals surface area contributed by atoms with E-state index in [9.17, 15) is 0 Å². The first-order chi connectivity index (χ1) is 13.1. The van der Waals surface area contributed by atoms with E-state index in [0.717, 1.165) is 0 Å². The second-order valence-corrected chi connectivity index (χ2v) is 11.3. The van der Waals surface area contributed by atoms with Gasteiger partial charge in [0.15, 0.2) is 0 Å². The zero-order valence-electron chi connectivity index (χ0n) is 19.0. The molecule has 2 aliphatic carbocycles. The van der Waals surface area contributed by atoms with E-state index in [2.05, 4.69) is 41.5 Å². The van der Waals surface area contributed by atoms with E-state index in [0.29, 0.717) is 0 Å². The fourth-order valence-corrected chi connectivity index (χ4v) is 9.89. The van der Waals surface area contributed by atoms with Crippen LogP contribution in [0.4, 0.5) is 0 Å². The molecule has 0 fully saturated rings. The molecule has 0 atom stereocenters. The third kappa shape index (κ3) is 5.47. The van der Waals surface area contributed by atoms with Crippen molar-refractivity contribution in [2.75, 3.05) is 0 Å². The molecule has 0 aromatic rings. The molecule has 0 nitrogen and oxygen atoms in total. The second kappa shape index (κ2) is 11.8. The van der Waals surface area contributed by atoms with Crippen LogP contribution in [0.2, 0.25) is 0 Å². The third-order valence-corrected chi connectivity index (χ3v) is 10.9. The Morgan fingerprint density at radius 1 is 0.556 bits per heavy atom. The molecule has 2 aliphatic rings. The zero-order valence-corrected chi connectivity index (χ0v) is 21.4. The Bertz CT molecular complexity index is 583. The van der Waals surface area contributed by atoms with Crippen LogP contribution in [0.3, 0.4) is 0 Å². The van der Waals surface area contributed by atoms with Crippen molar-refractivity contribution in [1.82, 2.24) is 0 Å². The normalized spacial score (nSPS) is 17.9. The molecule has 0 spiro atoms. The predicted octanol–water partition coefficient (Wildman–Crippen LogP) is 9.00. The first-order valence-electron chi connectivity index (χ1n) is 11.8. The van der Waals surface area contributed by atoms with Crippen molar-refractivity contribution >= 4 is 0 Å². The molecular formula is C26H42Zr. The van der Waals surface area contributed by atoms with Gasteiger partial charge in [-0.05, 0) is 0 Å². The Balaban J connectivity index is 2.42. The van der Waals surface area contributed by atoms with E-state index in [1.807, 2.05) is 17.7 Å². The molecule has 0 heterocycles. The molecule has 0 bridgehead atoms. The van der Waals surface area contributed by atoms with Crippen molar-refractivity contribution in [3.8, 4) is 0 Å². The van der Waals surface area contributed by atoms with Crippen molar-refractivity contribution in [2.24, 2.45) is 0 Å². The SMILES string of the molecule is CCCCC1=[C]([Zr][C]2=C(CCCC)CC(CC)=C2CC)C(CC)=C(CC)C1. The molecule has 1 heteroatoms. The Labute approximate surface area is 181 Å². The molecule has 150 valence electrons. The van der Waals surface area contributed by atoms with Gasteiger partial charge in [0.25, 0.3) is 0 Å². The Kier molecular flexibility index (Phi) is 10.1. The van der Waals surface area contributed by atoms with Gasteiger partial charge < -0.3 is 0 Å². The fraction of sp³-hybridized carbons (Fsp3) is 0.692. The third-order valence-electron chi connectivity index (χ3n) is 6.49. The van der Waals surface area contributed by atoms with Gasteiger partial charge in [-0.2, -0.15) is 0 Å². The van der Waals surface area contributed by atoms with Crippen molar-refractivity contribution in [3.63, 3.8) is 0 Å². The summed E-state index contributed by atoms with van der Waals surface area (Å²) < 4.78 is 3.86. The fourth-order valence-electron chi connectivity index (χ4n) is 4.88. The van der Waals surface area contributed by atoms with Crippen LogP contribution >= 0.6 is 0 Å². The Morgan fingerprint density at radius 2 is 0.963 bits per heavy atom. The van der Waals surface area contributed by atoms with E-state index < -0.39 is 23.2 Å². The standard InChI is InChI=1S/2C13H21.Zr/c2*1-4-7-8-11-9-12(5-2)13(6-3)10-11;/h2*4-9H2,1-3H3;. The van der Waals surface area contributed by atoms with Crippen LogP contribution in [0.25, 0.3) is 0 Å². The van der Waals surface area contributed by atoms with Gasteiger partial charge in [-0.15, -0.1) is 0 Å².